The Balaban J connectivity index is 2.11. The van der Waals surface area contributed by atoms with Crippen molar-refractivity contribution in [3.63, 3.8) is 0 Å². The van der Waals surface area contributed by atoms with Gasteiger partial charge in [0.2, 0.25) is 0 Å². The zero-order chi connectivity index (χ0) is 14.4. The molecule has 2 N–H and O–H groups in total. The second-order valence-electron chi connectivity index (χ2n) is 6.23. The van der Waals surface area contributed by atoms with Crippen LogP contribution in [0.2, 0.25) is 0 Å². The molecule has 2 rings (SSSR count). The molecular weight excluding hydrogens is 247 g/mol. The molecule has 1 aromatic heterocycles. The summed E-state index contributed by atoms with van der Waals surface area (Å²) in [6.07, 6.45) is 1.03. The minimum absolute atomic E-state index is 0.128. The molecule has 0 atom stereocenters. The maximum absolute atomic E-state index is 13.0. The molecule has 1 aromatic rings. The first-order valence-corrected chi connectivity index (χ1v) is 6.30. The fourth-order valence-electron chi connectivity index (χ4n) is 2.79. The van der Waals surface area contributed by atoms with Crippen molar-refractivity contribution in [2.45, 2.75) is 27.7 Å². The SMILES string of the molecule is CC1(C)C(CNc2ncc(F)cc2C(=O)O)C1(C)C. The Kier molecular flexibility index (Phi) is 3.03. The standard InChI is InChI=1S/C14H19FN2O2/c1-13(2)10(14(13,3)4)7-17-11-9(12(18)19)5-8(15)6-16-11/h5-6,10H,7H2,1-4H3,(H,16,17)(H,18,19). The van der Waals surface area contributed by atoms with E-state index in [2.05, 4.69) is 38.0 Å². The van der Waals surface area contributed by atoms with Gasteiger partial charge in [-0.15, -0.1) is 0 Å². The Labute approximate surface area is 112 Å². The van der Waals surface area contributed by atoms with Crippen LogP contribution in [0.1, 0.15) is 38.1 Å². The monoisotopic (exact) mass is 266 g/mol. The number of aromatic carboxylic acids is 1. The van der Waals surface area contributed by atoms with Crippen LogP contribution < -0.4 is 5.32 Å². The van der Waals surface area contributed by atoms with Gasteiger partial charge in [0, 0.05) is 6.54 Å². The zero-order valence-electron chi connectivity index (χ0n) is 11.6. The summed E-state index contributed by atoms with van der Waals surface area (Å²) >= 11 is 0. The van der Waals surface area contributed by atoms with E-state index in [0.717, 1.165) is 12.3 Å². The molecule has 19 heavy (non-hydrogen) atoms. The number of nitrogens with one attached hydrogen (secondary N) is 1. The predicted molar refractivity (Wildman–Crippen MR) is 70.7 cm³/mol. The molecule has 0 spiro atoms. The van der Waals surface area contributed by atoms with Gasteiger partial charge in [-0.3, -0.25) is 0 Å². The van der Waals surface area contributed by atoms with Crippen LogP contribution in [-0.4, -0.2) is 22.6 Å². The van der Waals surface area contributed by atoms with Gasteiger partial charge in [-0.2, -0.15) is 0 Å². The molecular formula is C14H19FN2O2. The molecule has 0 radical (unpaired) electrons. The molecule has 1 aliphatic rings. The molecule has 0 aliphatic heterocycles. The molecule has 0 bridgehead atoms. The van der Waals surface area contributed by atoms with Gasteiger partial charge in [0.05, 0.1) is 6.20 Å². The van der Waals surface area contributed by atoms with Crippen molar-refractivity contribution in [1.82, 2.24) is 4.98 Å². The Morgan fingerprint density at radius 3 is 2.47 bits per heavy atom. The van der Waals surface area contributed by atoms with Crippen LogP contribution in [0.25, 0.3) is 0 Å². The quantitative estimate of drug-likeness (QED) is 0.879. The Morgan fingerprint density at radius 2 is 2.00 bits per heavy atom. The van der Waals surface area contributed by atoms with Gasteiger partial charge >= 0.3 is 5.97 Å². The minimum Gasteiger partial charge on any atom is -0.478 e. The summed E-state index contributed by atoms with van der Waals surface area (Å²) in [5.41, 5.74) is 0.295. The number of hydrogen-bond acceptors (Lipinski definition) is 3. The highest BCUT2D eigenvalue weighted by atomic mass is 19.1. The topological polar surface area (TPSA) is 62.2 Å². The highest BCUT2D eigenvalue weighted by Crippen LogP contribution is 2.68. The predicted octanol–water partition coefficient (Wildman–Crippen LogP) is 3.01. The number of hydrogen-bond donors (Lipinski definition) is 2. The van der Waals surface area contributed by atoms with Crippen molar-refractivity contribution in [2.24, 2.45) is 16.7 Å². The van der Waals surface area contributed by atoms with E-state index in [-0.39, 0.29) is 22.2 Å². The van der Waals surface area contributed by atoms with Crippen molar-refractivity contribution in [1.29, 1.82) is 0 Å². The summed E-state index contributed by atoms with van der Waals surface area (Å²) in [6.45, 7) is 9.40. The van der Waals surface area contributed by atoms with Crippen LogP contribution in [0.5, 0.6) is 0 Å². The van der Waals surface area contributed by atoms with Crippen molar-refractivity contribution in [2.75, 3.05) is 11.9 Å². The van der Waals surface area contributed by atoms with Crippen molar-refractivity contribution < 1.29 is 14.3 Å². The summed E-state index contributed by atoms with van der Waals surface area (Å²) < 4.78 is 13.0. The average Bonchev–Trinajstić information content (AvgIpc) is 2.68. The number of nitrogens with zero attached hydrogens (tertiary/aromatic N) is 1. The van der Waals surface area contributed by atoms with E-state index in [9.17, 15) is 9.18 Å². The maximum Gasteiger partial charge on any atom is 0.339 e. The van der Waals surface area contributed by atoms with Crippen LogP contribution in [-0.2, 0) is 0 Å². The molecule has 5 heteroatoms. The van der Waals surface area contributed by atoms with Gasteiger partial charge in [0.25, 0.3) is 0 Å². The minimum atomic E-state index is -1.18. The largest absolute Gasteiger partial charge is 0.478 e. The number of halogens is 1. The summed E-state index contributed by atoms with van der Waals surface area (Å²) in [5, 5.41) is 12.1. The van der Waals surface area contributed by atoms with Crippen LogP contribution in [0, 0.1) is 22.6 Å². The first-order chi connectivity index (χ1) is 8.68. The Morgan fingerprint density at radius 1 is 1.42 bits per heavy atom. The molecule has 1 fully saturated rings. The highest BCUT2D eigenvalue weighted by molar-refractivity contribution is 5.93. The molecule has 0 aromatic carbocycles. The normalized spacial score (nSPS) is 20.1. The van der Waals surface area contributed by atoms with Crippen LogP contribution >= 0.6 is 0 Å². The number of rotatable bonds is 4. The summed E-state index contributed by atoms with van der Waals surface area (Å²) in [6, 6.07) is 0.987. The first kappa shape index (κ1) is 13.8. The van der Waals surface area contributed by atoms with E-state index in [0.29, 0.717) is 12.5 Å². The number of carbonyl (C=O) groups is 1. The fourth-order valence-corrected chi connectivity index (χ4v) is 2.79. The number of aromatic nitrogens is 1. The van der Waals surface area contributed by atoms with Gasteiger partial charge < -0.3 is 10.4 Å². The number of carboxylic acids is 1. The average molecular weight is 266 g/mol. The molecule has 1 aliphatic carbocycles. The molecule has 1 heterocycles. The zero-order valence-corrected chi connectivity index (χ0v) is 11.6. The van der Waals surface area contributed by atoms with Crippen LogP contribution in [0.3, 0.4) is 0 Å². The second kappa shape index (κ2) is 4.18. The number of carboxylic acid groups (broad SMARTS) is 1. The lowest BCUT2D eigenvalue weighted by molar-refractivity contribution is 0.0697. The smallest absolute Gasteiger partial charge is 0.339 e. The Hall–Kier alpha value is -1.65. The van der Waals surface area contributed by atoms with E-state index in [4.69, 9.17) is 5.11 Å². The lowest BCUT2D eigenvalue weighted by Gasteiger charge is -2.09. The van der Waals surface area contributed by atoms with Gasteiger partial charge in [0.15, 0.2) is 0 Å². The molecule has 0 amide bonds. The second-order valence-corrected chi connectivity index (χ2v) is 6.23. The van der Waals surface area contributed by atoms with E-state index in [1.54, 1.807) is 0 Å². The lowest BCUT2D eigenvalue weighted by atomic mass is 10.0. The molecule has 104 valence electrons. The third kappa shape index (κ3) is 2.17. The van der Waals surface area contributed by atoms with Gasteiger partial charge in [0.1, 0.15) is 17.2 Å². The van der Waals surface area contributed by atoms with Crippen LogP contribution in [0.15, 0.2) is 12.3 Å². The van der Waals surface area contributed by atoms with Crippen LogP contribution in [0.4, 0.5) is 10.2 Å². The molecule has 0 unspecified atom stereocenters. The third-order valence-corrected chi connectivity index (χ3v) is 4.88. The lowest BCUT2D eigenvalue weighted by Crippen LogP contribution is -2.13. The summed E-state index contributed by atoms with van der Waals surface area (Å²) in [7, 11) is 0. The van der Waals surface area contributed by atoms with Gasteiger partial charge in [-0.1, -0.05) is 27.7 Å². The highest BCUT2D eigenvalue weighted by Gasteiger charge is 2.64. The van der Waals surface area contributed by atoms with Crippen molar-refractivity contribution in [3.05, 3.63) is 23.6 Å². The molecule has 0 saturated heterocycles. The third-order valence-electron chi connectivity index (χ3n) is 4.88. The molecule has 4 nitrogen and oxygen atoms in total. The van der Waals surface area contributed by atoms with Gasteiger partial charge in [-0.25, -0.2) is 14.2 Å². The van der Waals surface area contributed by atoms with E-state index >= 15 is 0 Å². The maximum atomic E-state index is 13.0. The van der Waals surface area contributed by atoms with Crippen molar-refractivity contribution in [3.8, 4) is 0 Å². The number of anilines is 1. The Bertz CT molecular complexity index is 512. The first-order valence-electron chi connectivity index (χ1n) is 6.30. The fraction of sp³-hybridized carbons (Fsp3) is 0.571. The molecule has 1 saturated carbocycles. The summed E-state index contributed by atoms with van der Waals surface area (Å²) in [4.78, 5) is 14.9. The van der Waals surface area contributed by atoms with E-state index < -0.39 is 11.8 Å². The van der Waals surface area contributed by atoms with Crippen molar-refractivity contribution >= 4 is 11.8 Å². The van der Waals surface area contributed by atoms with Gasteiger partial charge in [-0.05, 0) is 22.8 Å². The van der Waals surface area contributed by atoms with E-state index in [1.807, 2.05) is 0 Å². The number of pyridine rings is 1. The summed E-state index contributed by atoms with van der Waals surface area (Å²) in [5.74, 6) is -1.15. The van der Waals surface area contributed by atoms with E-state index in [1.165, 1.54) is 0 Å².